The molecular weight excluding hydrogens is 202 g/mol. The Hall–Kier alpha value is -0.170. The standard InChI is InChI=1S/C8H5Cl3/c9-4-3-6-1-2-7(10)5-8(6)11/h1-5H/b4-3+. The second kappa shape index (κ2) is 4.01. The molecule has 0 fully saturated rings. The van der Waals surface area contributed by atoms with E-state index in [2.05, 4.69) is 0 Å². The van der Waals surface area contributed by atoms with Crippen LogP contribution in [0.4, 0.5) is 0 Å². The second-order valence-corrected chi connectivity index (χ2v) is 3.05. The summed E-state index contributed by atoms with van der Waals surface area (Å²) in [5.74, 6) is 0. The van der Waals surface area contributed by atoms with Gasteiger partial charge < -0.3 is 0 Å². The summed E-state index contributed by atoms with van der Waals surface area (Å²) in [5, 5.41) is 1.23. The first-order valence-electron chi connectivity index (χ1n) is 2.96. The SMILES string of the molecule is Cl/C=C/c1ccc(Cl)cc1Cl. The van der Waals surface area contributed by atoms with E-state index >= 15 is 0 Å². The molecule has 0 nitrogen and oxygen atoms in total. The van der Waals surface area contributed by atoms with Gasteiger partial charge in [-0.2, -0.15) is 0 Å². The smallest absolute Gasteiger partial charge is 0.0493 e. The van der Waals surface area contributed by atoms with E-state index in [1.165, 1.54) is 5.54 Å². The minimum Gasteiger partial charge on any atom is -0.0929 e. The molecule has 0 aliphatic rings. The van der Waals surface area contributed by atoms with Crippen molar-refractivity contribution in [3.05, 3.63) is 39.3 Å². The van der Waals surface area contributed by atoms with E-state index in [1.807, 2.05) is 6.07 Å². The minimum atomic E-state index is 0.606. The predicted molar refractivity (Wildman–Crippen MR) is 51.3 cm³/mol. The van der Waals surface area contributed by atoms with Crippen LogP contribution in [0, 0.1) is 0 Å². The van der Waals surface area contributed by atoms with Gasteiger partial charge in [-0.25, -0.2) is 0 Å². The Balaban J connectivity index is 3.09. The zero-order chi connectivity index (χ0) is 8.27. The third-order valence-corrected chi connectivity index (χ3v) is 1.89. The van der Waals surface area contributed by atoms with E-state index in [4.69, 9.17) is 34.8 Å². The van der Waals surface area contributed by atoms with E-state index < -0.39 is 0 Å². The van der Waals surface area contributed by atoms with E-state index in [1.54, 1.807) is 18.2 Å². The molecule has 11 heavy (non-hydrogen) atoms. The van der Waals surface area contributed by atoms with Gasteiger partial charge in [0.2, 0.25) is 0 Å². The van der Waals surface area contributed by atoms with Gasteiger partial charge in [0.25, 0.3) is 0 Å². The molecule has 0 amide bonds. The molecule has 1 aromatic carbocycles. The lowest BCUT2D eigenvalue weighted by atomic mass is 10.2. The van der Waals surface area contributed by atoms with Crippen LogP contribution < -0.4 is 0 Å². The van der Waals surface area contributed by atoms with Crippen molar-refractivity contribution in [2.75, 3.05) is 0 Å². The van der Waals surface area contributed by atoms with Crippen LogP contribution in [0.15, 0.2) is 23.7 Å². The molecule has 0 heterocycles. The maximum Gasteiger partial charge on any atom is 0.0493 e. The Morgan fingerprint density at radius 2 is 1.91 bits per heavy atom. The summed E-state index contributed by atoms with van der Waals surface area (Å²) in [6, 6.07) is 5.25. The molecule has 0 aromatic heterocycles. The average molecular weight is 207 g/mol. The van der Waals surface area contributed by atoms with Gasteiger partial charge in [-0.05, 0) is 23.8 Å². The first-order chi connectivity index (χ1) is 5.24. The Bertz CT molecular complexity index is 279. The molecular formula is C8H5Cl3. The maximum absolute atomic E-state index is 5.81. The van der Waals surface area contributed by atoms with E-state index in [9.17, 15) is 0 Å². The molecule has 0 N–H and O–H groups in total. The Labute approximate surface area is 80.4 Å². The lowest BCUT2D eigenvalue weighted by molar-refractivity contribution is 1.66. The molecule has 1 aromatic rings. The van der Waals surface area contributed by atoms with E-state index in [0.717, 1.165) is 5.56 Å². The second-order valence-electron chi connectivity index (χ2n) is 1.96. The van der Waals surface area contributed by atoms with Crippen LogP contribution >= 0.6 is 34.8 Å². The molecule has 3 heteroatoms. The molecule has 0 aliphatic heterocycles. The van der Waals surface area contributed by atoms with Crippen LogP contribution in [0.3, 0.4) is 0 Å². The van der Waals surface area contributed by atoms with Crippen molar-refractivity contribution in [1.29, 1.82) is 0 Å². The van der Waals surface area contributed by atoms with Crippen molar-refractivity contribution in [3.63, 3.8) is 0 Å². The lowest BCUT2D eigenvalue weighted by Crippen LogP contribution is -1.73. The molecule has 0 saturated carbocycles. The average Bonchev–Trinajstić information content (AvgIpc) is 1.95. The first kappa shape index (κ1) is 8.92. The zero-order valence-corrected chi connectivity index (χ0v) is 7.79. The summed E-state index contributed by atoms with van der Waals surface area (Å²) >= 11 is 16.9. The molecule has 1 rings (SSSR count). The van der Waals surface area contributed by atoms with Gasteiger partial charge in [0, 0.05) is 15.6 Å². The summed E-state index contributed by atoms with van der Waals surface area (Å²) in [5.41, 5.74) is 2.28. The van der Waals surface area contributed by atoms with Gasteiger partial charge >= 0.3 is 0 Å². The summed E-state index contributed by atoms with van der Waals surface area (Å²) < 4.78 is 0. The lowest BCUT2D eigenvalue weighted by Gasteiger charge is -1.96. The quantitative estimate of drug-likeness (QED) is 0.647. The highest BCUT2D eigenvalue weighted by Crippen LogP contribution is 2.21. The third-order valence-electron chi connectivity index (χ3n) is 1.21. The summed E-state index contributed by atoms with van der Waals surface area (Å²) in [6.07, 6.45) is 1.71. The van der Waals surface area contributed by atoms with Crippen LogP contribution in [-0.4, -0.2) is 0 Å². The molecule has 0 spiro atoms. The van der Waals surface area contributed by atoms with Crippen molar-refractivity contribution in [2.45, 2.75) is 0 Å². The van der Waals surface area contributed by atoms with Gasteiger partial charge in [-0.15, -0.1) is 0 Å². The Morgan fingerprint density at radius 3 is 2.45 bits per heavy atom. The maximum atomic E-state index is 5.81. The monoisotopic (exact) mass is 206 g/mol. The van der Waals surface area contributed by atoms with Crippen molar-refractivity contribution >= 4 is 40.9 Å². The van der Waals surface area contributed by atoms with Crippen molar-refractivity contribution in [3.8, 4) is 0 Å². The number of halogens is 3. The topological polar surface area (TPSA) is 0 Å². The van der Waals surface area contributed by atoms with Crippen LogP contribution in [-0.2, 0) is 0 Å². The molecule has 0 radical (unpaired) electrons. The van der Waals surface area contributed by atoms with Crippen molar-refractivity contribution < 1.29 is 0 Å². The fourth-order valence-corrected chi connectivity index (χ4v) is 1.31. The molecule has 0 atom stereocenters. The zero-order valence-electron chi connectivity index (χ0n) is 5.52. The fourth-order valence-electron chi connectivity index (χ4n) is 0.705. The summed E-state index contributed by atoms with van der Waals surface area (Å²) in [7, 11) is 0. The van der Waals surface area contributed by atoms with E-state index in [0.29, 0.717) is 10.0 Å². The highest BCUT2D eigenvalue weighted by Gasteiger charge is 1.95. The molecule has 0 unspecified atom stereocenters. The van der Waals surface area contributed by atoms with E-state index in [-0.39, 0.29) is 0 Å². The predicted octanol–water partition coefficient (Wildman–Crippen LogP) is 4.20. The molecule has 0 aliphatic carbocycles. The fraction of sp³-hybridized carbons (Fsp3) is 0. The molecule has 58 valence electrons. The largest absolute Gasteiger partial charge is 0.0929 e. The van der Waals surface area contributed by atoms with Crippen molar-refractivity contribution in [2.24, 2.45) is 0 Å². The number of hydrogen-bond acceptors (Lipinski definition) is 0. The van der Waals surface area contributed by atoms with Gasteiger partial charge in [-0.1, -0.05) is 40.9 Å². The van der Waals surface area contributed by atoms with Crippen LogP contribution in [0.25, 0.3) is 6.08 Å². The summed E-state index contributed by atoms with van der Waals surface area (Å²) in [6.45, 7) is 0. The number of benzene rings is 1. The Morgan fingerprint density at radius 1 is 1.18 bits per heavy atom. The van der Waals surface area contributed by atoms with Crippen LogP contribution in [0.5, 0.6) is 0 Å². The third kappa shape index (κ3) is 2.41. The van der Waals surface area contributed by atoms with Gasteiger partial charge in [0.1, 0.15) is 0 Å². The minimum absolute atomic E-state index is 0.606. The highest BCUT2D eigenvalue weighted by molar-refractivity contribution is 6.35. The van der Waals surface area contributed by atoms with Gasteiger partial charge in [-0.3, -0.25) is 0 Å². The molecule has 0 saturated heterocycles. The van der Waals surface area contributed by atoms with Gasteiger partial charge in [0.05, 0.1) is 0 Å². The highest BCUT2D eigenvalue weighted by atomic mass is 35.5. The normalized spacial score (nSPS) is 10.8. The Kier molecular flexibility index (Phi) is 3.25. The van der Waals surface area contributed by atoms with Crippen LogP contribution in [0.1, 0.15) is 5.56 Å². The van der Waals surface area contributed by atoms with Crippen LogP contribution in [0.2, 0.25) is 10.0 Å². The first-order valence-corrected chi connectivity index (χ1v) is 4.15. The van der Waals surface area contributed by atoms with Crippen molar-refractivity contribution in [1.82, 2.24) is 0 Å². The van der Waals surface area contributed by atoms with Gasteiger partial charge in [0.15, 0.2) is 0 Å². The number of hydrogen-bond donors (Lipinski definition) is 0. The molecule has 0 bridgehead atoms. The number of rotatable bonds is 1. The summed E-state index contributed by atoms with van der Waals surface area (Å²) in [4.78, 5) is 0.